The van der Waals surface area contributed by atoms with Gasteiger partial charge in [-0.15, -0.1) is 0 Å². The van der Waals surface area contributed by atoms with Crippen LogP contribution in [-0.4, -0.2) is 39.2 Å². The number of rotatable bonds is 4. The molecule has 142 valence electrons. The maximum absolute atomic E-state index is 12.5. The van der Waals surface area contributed by atoms with Crippen LogP contribution in [0.2, 0.25) is 5.02 Å². The van der Waals surface area contributed by atoms with Crippen molar-refractivity contribution < 1.29 is 19.1 Å². The molecule has 0 spiro atoms. The van der Waals surface area contributed by atoms with E-state index in [4.69, 9.17) is 21.1 Å². The van der Waals surface area contributed by atoms with Crippen LogP contribution in [0.5, 0.6) is 0 Å². The standard InChI is InChI=1S/C20H21ClN2O4/c1-26-19(24)15-7-3-4-12-23(18(15)20(25)27-2)14-8-9-17(16(21)13-14)22-10-5-6-11-22/h3-4,7-9,12-13H,5-6,10-11H2,1-2H3. The summed E-state index contributed by atoms with van der Waals surface area (Å²) in [6.45, 7) is 1.96. The summed E-state index contributed by atoms with van der Waals surface area (Å²) in [4.78, 5) is 28.5. The largest absolute Gasteiger partial charge is 0.465 e. The molecule has 6 nitrogen and oxygen atoms in total. The van der Waals surface area contributed by atoms with Crippen molar-refractivity contribution >= 4 is 34.9 Å². The lowest BCUT2D eigenvalue weighted by Crippen LogP contribution is -2.27. The van der Waals surface area contributed by atoms with Crippen LogP contribution in [0.4, 0.5) is 11.4 Å². The molecule has 0 radical (unpaired) electrons. The highest BCUT2D eigenvalue weighted by atomic mass is 35.5. The number of halogens is 1. The van der Waals surface area contributed by atoms with Gasteiger partial charge >= 0.3 is 11.9 Å². The van der Waals surface area contributed by atoms with E-state index in [1.807, 2.05) is 12.1 Å². The third-order valence-corrected chi connectivity index (χ3v) is 4.85. The van der Waals surface area contributed by atoms with Gasteiger partial charge in [0.25, 0.3) is 0 Å². The van der Waals surface area contributed by atoms with Crippen LogP contribution in [0.15, 0.2) is 53.9 Å². The van der Waals surface area contributed by atoms with Crippen molar-refractivity contribution in [3.8, 4) is 0 Å². The third kappa shape index (κ3) is 3.85. The fourth-order valence-electron chi connectivity index (χ4n) is 3.23. The first kappa shape index (κ1) is 19.0. The molecule has 1 fully saturated rings. The molecule has 1 aromatic carbocycles. The minimum Gasteiger partial charge on any atom is -0.465 e. The summed E-state index contributed by atoms with van der Waals surface area (Å²) in [5.41, 5.74) is 1.78. The lowest BCUT2D eigenvalue weighted by molar-refractivity contribution is -0.139. The Morgan fingerprint density at radius 3 is 2.37 bits per heavy atom. The molecule has 27 heavy (non-hydrogen) atoms. The molecule has 0 atom stereocenters. The predicted molar refractivity (Wildman–Crippen MR) is 105 cm³/mol. The second-order valence-corrected chi connectivity index (χ2v) is 6.55. The number of nitrogens with zero attached hydrogens (tertiary/aromatic N) is 2. The summed E-state index contributed by atoms with van der Waals surface area (Å²) < 4.78 is 9.72. The zero-order valence-electron chi connectivity index (χ0n) is 15.3. The van der Waals surface area contributed by atoms with Crippen molar-refractivity contribution in [1.29, 1.82) is 0 Å². The van der Waals surface area contributed by atoms with Crippen LogP contribution in [-0.2, 0) is 19.1 Å². The summed E-state index contributed by atoms with van der Waals surface area (Å²) >= 11 is 6.52. The quantitative estimate of drug-likeness (QED) is 0.736. The number of methoxy groups -OCH3 is 2. The van der Waals surface area contributed by atoms with Crippen LogP contribution < -0.4 is 9.80 Å². The Labute approximate surface area is 163 Å². The summed E-state index contributed by atoms with van der Waals surface area (Å²) in [5, 5.41) is 0.587. The van der Waals surface area contributed by atoms with E-state index in [-0.39, 0.29) is 11.3 Å². The zero-order chi connectivity index (χ0) is 19.4. The number of hydrogen-bond acceptors (Lipinski definition) is 6. The molecule has 1 saturated heterocycles. The molecule has 0 bridgehead atoms. The fraction of sp³-hybridized carbons (Fsp3) is 0.300. The Hall–Kier alpha value is -2.73. The Balaban J connectivity index is 2.06. The molecule has 3 rings (SSSR count). The Morgan fingerprint density at radius 1 is 1.04 bits per heavy atom. The number of benzene rings is 1. The monoisotopic (exact) mass is 388 g/mol. The Bertz CT molecular complexity index is 838. The first-order chi connectivity index (χ1) is 13.1. The minimum atomic E-state index is -0.647. The van der Waals surface area contributed by atoms with Gasteiger partial charge in [-0.05, 0) is 43.2 Å². The number of carbonyl (C=O) groups is 2. The highest BCUT2D eigenvalue weighted by Gasteiger charge is 2.28. The van der Waals surface area contributed by atoms with Gasteiger partial charge in [-0.3, -0.25) is 0 Å². The normalized spacial score (nSPS) is 16.6. The summed E-state index contributed by atoms with van der Waals surface area (Å²) in [6.07, 6.45) is 8.89. The SMILES string of the molecule is COC(=O)C1=C(C(=O)OC)N(c2ccc(N3CCCC3)c(Cl)c2)C=CC=C1. The highest BCUT2D eigenvalue weighted by Crippen LogP contribution is 2.34. The summed E-state index contributed by atoms with van der Waals surface area (Å²) in [5.74, 6) is -1.27. The Morgan fingerprint density at radius 2 is 1.74 bits per heavy atom. The number of anilines is 2. The maximum atomic E-state index is 12.5. The number of allylic oxidation sites excluding steroid dienone is 2. The molecule has 1 aromatic rings. The Kier molecular flexibility index (Phi) is 5.86. The van der Waals surface area contributed by atoms with Gasteiger partial charge < -0.3 is 19.3 Å². The molecule has 7 heteroatoms. The van der Waals surface area contributed by atoms with Crippen LogP contribution in [0, 0.1) is 0 Å². The second kappa shape index (κ2) is 8.31. The van der Waals surface area contributed by atoms with Gasteiger partial charge in [0, 0.05) is 25.0 Å². The van der Waals surface area contributed by atoms with Gasteiger partial charge in [-0.25, -0.2) is 9.59 Å². The van der Waals surface area contributed by atoms with Gasteiger partial charge in [0.2, 0.25) is 0 Å². The molecule has 0 N–H and O–H groups in total. The van der Waals surface area contributed by atoms with E-state index in [0.717, 1.165) is 31.6 Å². The topological polar surface area (TPSA) is 59.1 Å². The maximum Gasteiger partial charge on any atom is 0.355 e. The number of hydrogen-bond donors (Lipinski definition) is 0. The molecule has 0 amide bonds. The molecule has 2 aliphatic rings. The fourth-order valence-corrected chi connectivity index (χ4v) is 3.52. The zero-order valence-corrected chi connectivity index (χ0v) is 16.0. The minimum absolute atomic E-state index is 0.0688. The number of ether oxygens (including phenoxy) is 2. The van der Waals surface area contributed by atoms with Crippen molar-refractivity contribution in [3.63, 3.8) is 0 Å². The van der Waals surface area contributed by atoms with E-state index in [2.05, 4.69) is 4.90 Å². The highest BCUT2D eigenvalue weighted by molar-refractivity contribution is 6.33. The van der Waals surface area contributed by atoms with Crippen molar-refractivity contribution in [2.45, 2.75) is 12.8 Å². The van der Waals surface area contributed by atoms with Gasteiger partial charge in [-0.1, -0.05) is 17.7 Å². The number of carbonyl (C=O) groups excluding carboxylic acids is 2. The van der Waals surface area contributed by atoms with Gasteiger partial charge in [0.05, 0.1) is 30.5 Å². The first-order valence-electron chi connectivity index (χ1n) is 8.66. The van der Waals surface area contributed by atoms with E-state index in [1.54, 1.807) is 29.3 Å². The molecule has 2 aliphatic heterocycles. The van der Waals surface area contributed by atoms with E-state index in [1.165, 1.54) is 20.3 Å². The van der Waals surface area contributed by atoms with E-state index < -0.39 is 11.9 Å². The lowest BCUT2D eigenvalue weighted by Gasteiger charge is -2.25. The summed E-state index contributed by atoms with van der Waals surface area (Å²) in [6, 6.07) is 5.58. The van der Waals surface area contributed by atoms with Gasteiger partial charge in [0.15, 0.2) is 0 Å². The molecular formula is C20H21ClN2O4. The lowest BCUT2D eigenvalue weighted by atomic mass is 10.1. The van der Waals surface area contributed by atoms with Crippen molar-refractivity contribution in [3.05, 3.63) is 58.9 Å². The van der Waals surface area contributed by atoms with Crippen molar-refractivity contribution in [2.24, 2.45) is 0 Å². The smallest absolute Gasteiger partial charge is 0.355 e. The van der Waals surface area contributed by atoms with Crippen molar-refractivity contribution in [1.82, 2.24) is 0 Å². The second-order valence-electron chi connectivity index (χ2n) is 6.15. The van der Waals surface area contributed by atoms with Gasteiger partial charge in [0.1, 0.15) is 5.70 Å². The van der Waals surface area contributed by atoms with E-state index >= 15 is 0 Å². The average molecular weight is 389 g/mol. The van der Waals surface area contributed by atoms with E-state index in [0.29, 0.717) is 10.7 Å². The third-order valence-electron chi connectivity index (χ3n) is 4.55. The van der Waals surface area contributed by atoms with Crippen molar-refractivity contribution in [2.75, 3.05) is 37.1 Å². The van der Waals surface area contributed by atoms with Gasteiger partial charge in [-0.2, -0.15) is 0 Å². The first-order valence-corrected chi connectivity index (χ1v) is 9.04. The van der Waals surface area contributed by atoms with Crippen LogP contribution in [0.3, 0.4) is 0 Å². The van der Waals surface area contributed by atoms with Crippen LogP contribution >= 0.6 is 11.6 Å². The molecule has 0 aromatic heterocycles. The molecule has 0 saturated carbocycles. The predicted octanol–water partition coefficient (Wildman–Crippen LogP) is 3.43. The van der Waals surface area contributed by atoms with Crippen LogP contribution in [0.25, 0.3) is 0 Å². The molecule has 0 aliphatic carbocycles. The average Bonchev–Trinajstić information content (AvgIpc) is 3.12. The molecular weight excluding hydrogens is 368 g/mol. The molecule has 0 unspecified atom stereocenters. The summed E-state index contributed by atoms with van der Waals surface area (Å²) in [7, 11) is 2.53. The van der Waals surface area contributed by atoms with E-state index in [9.17, 15) is 9.59 Å². The van der Waals surface area contributed by atoms with Crippen LogP contribution in [0.1, 0.15) is 12.8 Å². The molecule has 2 heterocycles. The number of esters is 2.